The fourth-order valence-electron chi connectivity index (χ4n) is 6.65. The summed E-state index contributed by atoms with van der Waals surface area (Å²) >= 11 is 1.88. The first kappa shape index (κ1) is 19.6. The molecular formula is C22H29N5O3S. The lowest BCUT2D eigenvalue weighted by Gasteiger charge is -2.51. The number of fused-ring (bicyclic) bond motifs is 3. The number of aromatic amines is 1. The summed E-state index contributed by atoms with van der Waals surface area (Å²) in [5.74, 6) is 3.32. The molecule has 7 rings (SSSR count). The second-order valence-corrected chi connectivity index (χ2v) is 10.9. The van der Waals surface area contributed by atoms with E-state index in [4.69, 9.17) is 0 Å². The van der Waals surface area contributed by atoms with Crippen LogP contribution in [0.1, 0.15) is 53.8 Å². The van der Waals surface area contributed by atoms with Crippen molar-refractivity contribution in [1.82, 2.24) is 25.3 Å². The molecule has 8 nitrogen and oxygen atoms in total. The van der Waals surface area contributed by atoms with Crippen LogP contribution in [0.5, 0.6) is 0 Å². The van der Waals surface area contributed by atoms with Crippen molar-refractivity contribution in [2.24, 2.45) is 17.8 Å². The molecule has 0 spiro atoms. The van der Waals surface area contributed by atoms with Crippen LogP contribution in [-0.2, 0) is 21.8 Å². The van der Waals surface area contributed by atoms with Gasteiger partial charge in [0.05, 0.1) is 0 Å². The number of amides is 3. The number of rotatable bonds is 2. The predicted octanol–water partition coefficient (Wildman–Crippen LogP) is 1.18. The van der Waals surface area contributed by atoms with Crippen LogP contribution in [0, 0.1) is 17.8 Å². The molecule has 2 N–H and O–H groups in total. The van der Waals surface area contributed by atoms with Crippen LogP contribution in [0.25, 0.3) is 0 Å². The lowest BCUT2D eigenvalue weighted by atomic mass is 9.66. The lowest BCUT2D eigenvalue weighted by Crippen LogP contribution is -2.59. The van der Waals surface area contributed by atoms with Gasteiger partial charge in [0.2, 0.25) is 11.8 Å². The number of carbonyl (C=O) groups excluding carboxylic acids is 3. The quantitative estimate of drug-likeness (QED) is 0.715. The molecule has 3 amide bonds. The fourth-order valence-corrected chi connectivity index (χ4v) is 7.59. The molecule has 0 aromatic carbocycles. The van der Waals surface area contributed by atoms with E-state index in [0.29, 0.717) is 36.4 Å². The van der Waals surface area contributed by atoms with Gasteiger partial charge in [-0.05, 0) is 49.7 Å². The van der Waals surface area contributed by atoms with Crippen molar-refractivity contribution < 1.29 is 14.4 Å². The highest BCUT2D eigenvalue weighted by molar-refractivity contribution is 7.98. The molecule has 5 fully saturated rings. The number of nitrogens with one attached hydrogen (secondary N) is 2. The summed E-state index contributed by atoms with van der Waals surface area (Å²) in [7, 11) is 0. The Morgan fingerprint density at radius 2 is 1.94 bits per heavy atom. The van der Waals surface area contributed by atoms with Crippen molar-refractivity contribution in [3.63, 3.8) is 0 Å². The van der Waals surface area contributed by atoms with Gasteiger partial charge in [0.1, 0.15) is 6.04 Å². The maximum Gasteiger partial charge on any atom is 0.274 e. The summed E-state index contributed by atoms with van der Waals surface area (Å²) in [6.07, 6.45) is 5.08. The predicted molar refractivity (Wildman–Crippen MR) is 115 cm³/mol. The van der Waals surface area contributed by atoms with Crippen LogP contribution in [0.15, 0.2) is 0 Å². The van der Waals surface area contributed by atoms with Crippen LogP contribution < -0.4 is 5.32 Å². The molecular weight excluding hydrogens is 414 g/mol. The molecule has 2 bridgehead atoms. The third-order valence-electron chi connectivity index (χ3n) is 8.18. The maximum atomic E-state index is 13.5. The third kappa shape index (κ3) is 3.18. The van der Waals surface area contributed by atoms with Crippen LogP contribution in [0.4, 0.5) is 0 Å². The molecule has 6 heterocycles. The summed E-state index contributed by atoms with van der Waals surface area (Å²) in [6, 6.07) is -0.184. The number of H-pyrrole nitrogens is 1. The Labute approximate surface area is 185 Å². The average Bonchev–Trinajstić information content (AvgIpc) is 3.44. The van der Waals surface area contributed by atoms with Crippen LogP contribution in [0.2, 0.25) is 0 Å². The molecule has 1 aromatic heterocycles. The Bertz CT molecular complexity index is 932. The van der Waals surface area contributed by atoms with Gasteiger partial charge in [-0.2, -0.15) is 16.9 Å². The van der Waals surface area contributed by atoms with Crippen LogP contribution >= 0.6 is 11.8 Å². The number of hydrogen-bond acceptors (Lipinski definition) is 5. The van der Waals surface area contributed by atoms with Gasteiger partial charge in [0, 0.05) is 55.0 Å². The lowest BCUT2D eigenvalue weighted by molar-refractivity contribution is -0.137. The first-order chi connectivity index (χ1) is 15.1. The summed E-state index contributed by atoms with van der Waals surface area (Å²) in [6.45, 7) is 2.26. The van der Waals surface area contributed by atoms with E-state index in [-0.39, 0.29) is 29.8 Å². The zero-order chi connectivity index (χ0) is 21.1. The Balaban J connectivity index is 1.20. The van der Waals surface area contributed by atoms with Gasteiger partial charge in [-0.25, -0.2) is 0 Å². The smallest absolute Gasteiger partial charge is 0.274 e. The van der Waals surface area contributed by atoms with E-state index >= 15 is 0 Å². The highest BCUT2D eigenvalue weighted by Gasteiger charge is 2.54. The molecule has 31 heavy (non-hydrogen) atoms. The van der Waals surface area contributed by atoms with Gasteiger partial charge in [0.15, 0.2) is 5.69 Å². The Morgan fingerprint density at radius 1 is 1.06 bits per heavy atom. The fraction of sp³-hybridized carbons (Fsp3) is 0.727. The van der Waals surface area contributed by atoms with Gasteiger partial charge in [-0.1, -0.05) is 0 Å². The van der Waals surface area contributed by atoms with Crippen molar-refractivity contribution >= 4 is 29.5 Å². The Morgan fingerprint density at radius 3 is 2.81 bits per heavy atom. The van der Waals surface area contributed by atoms with Crippen molar-refractivity contribution in [3.8, 4) is 0 Å². The van der Waals surface area contributed by atoms with Crippen LogP contribution in [-0.4, -0.2) is 75.2 Å². The largest absolute Gasteiger partial charge is 0.344 e. The summed E-state index contributed by atoms with van der Waals surface area (Å²) in [5, 5.41) is 10.4. The molecule has 1 saturated carbocycles. The standard InChI is InChI=1S/C22H29N5O3S/c28-19-3-1-2-16(23-19)21(29)26-9-14-12-4-5-18(15(14)10-26)27(8-12)22(30)20-13-6-7-31-11-17(13)24-25-20/h12,14-16,18H,1-11H2,(H,23,28)(H,24,25)/t12?,14?,15?,16-,18?/m1/s1. The van der Waals surface area contributed by atoms with Crippen molar-refractivity contribution in [1.29, 1.82) is 0 Å². The van der Waals surface area contributed by atoms with E-state index in [9.17, 15) is 14.4 Å². The van der Waals surface area contributed by atoms with E-state index in [2.05, 4.69) is 20.4 Å². The van der Waals surface area contributed by atoms with Crippen LogP contribution in [0.3, 0.4) is 0 Å². The topological polar surface area (TPSA) is 98.4 Å². The zero-order valence-corrected chi connectivity index (χ0v) is 18.5. The number of likely N-dealkylation sites (tertiary alicyclic amines) is 1. The SMILES string of the molecule is O=C1CCC[C@H](C(=O)N2CC3C4CCC(C3C2)N(C(=O)c2n[nH]c3c2CCSC3)C4)N1. The number of carbonyl (C=O) groups is 3. The highest BCUT2D eigenvalue weighted by Crippen LogP contribution is 2.47. The summed E-state index contributed by atoms with van der Waals surface area (Å²) < 4.78 is 0. The minimum atomic E-state index is -0.370. The molecule has 6 aliphatic rings. The van der Waals surface area contributed by atoms with E-state index < -0.39 is 0 Å². The number of nitrogens with zero attached hydrogens (tertiary/aromatic N) is 3. The summed E-state index contributed by atoms with van der Waals surface area (Å²) in [4.78, 5) is 42.4. The Hall–Kier alpha value is -2.03. The van der Waals surface area contributed by atoms with Gasteiger partial charge < -0.3 is 15.1 Å². The van der Waals surface area contributed by atoms with E-state index in [1.54, 1.807) is 0 Å². The maximum absolute atomic E-state index is 13.5. The van der Waals surface area contributed by atoms with Gasteiger partial charge in [-0.15, -0.1) is 0 Å². The number of aromatic nitrogens is 2. The molecule has 5 aliphatic heterocycles. The van der Waals surface area contributed by atoms with Crippen molar-refractivity contribution in [2.75, 3.05) is 25.4 Å². The van der Waals surface area contributed by atoms with Gasteiger partial charge in [-0.3, -0.25) is 19.5 Å². The zero-order valence-electron chi connectivity index (χ0n) is 17.6. The van der Waals surface area contributed by atoms with Crippen molar-refractivity contribution in [3.05, 3.63) is 17.0 Å². The van der Waals surface area contributed by atoms with E-state index in [0.717, 1.165) is 68.0 Å². The van der Waals surface area contributed by atoms with Gasteiger partial charge >= 0.3 is 0 Å². The molecule has 166 valence electrons. The average molecular weight is 444 g/mol. The summed E-state index contributed by atoms with van der Waals surface area (Å²) in [5.41, 5.74) is 2.83. The molecule has 1 aromatic rings. The molecule has 0 radical (unpaired) electrons. The number of hydrogen-bond donors (Lipinski definition) is 2. The minimum absolute atomic E-state index is 0.0150. The van der Waals surface area contributed by atoms with E-state index in [1.165, 1.54) is 0 Å². The number of thioether (sulfide) groups is 1. The molecule has 4 unspecified atom stereocenters. The first-order valence-electron chi connectivity index (χ1n) is 11.6. The highest BCUT2D eigenvalue weighted by atomic mass is 32.2. The molecule has 9 heteroatoms. The van der Waals surface area contributed by atoms with Gasteiger partial charge in [0.25, 0.3) is 5.91 Å². The first-order valence-corrected chi connectivity index (χ1v) is 12.8. The number of piperidine rings is 3. The normalized spacial score (nSPS) is 34.3. The van der Waals surface area contributed by atoms with Crippen molar-refractivity contribution in [2.45, 2.75) is 56.4 Å². The second kappa shape index (κ2) is 7.53. The third-order valence-corrected chi connectivity index (χ3v) is 9.16. The minimum Gasteiger partial charge on any atom is -0.344 e. The molecule has 1 aliphatic carbocycles. The molecule has 4 saturated heterocycles. The second-order valence-electron chi connectivity index (χ2n) is 9.78. The monoisotopic (exact) mass is 443 g/mol. The Kier molecular flexibility index (Phi) is 4.77. The van der Waals surface area contributed by atoms with E-state index in [1.807, 2.05) is 16.7 Å². The molecule has 5 atom stereocenters.